The summed E-state index contributed by atoms with van der Waals surface area (Å²) < 4.78 is 0. The van der Waals surface area contributed by atoms with Crippen molar-refractivity contribution in [1.82, 2.24) is 9.91 Å². The second-order valence-electron chi connectivity index (χ2n) is 4.23. The molecule has 0 fully saturated rings. The molecule has 0 amide bonds. The number of hydrogen-bond donors (Lipinski definition) is 0. The molecule has 1 unspecified atom stereocenters. The van der Waals surface area contributed by atoms with Crippen LogP contribution in [0.2, 0.25) is 0 Å². The van der Waals surface area contributed by atoms with E-state index >= 15 is 0 Å². The molecule has 0 saturated heterocycles. The Labute approximate surface area is 98.5 Å². The largest absolute Gasteiger partial charge is 0.272 e. The molecule has 1 heterocycles. The molecule has 1 aliphatic rings. The molecule has 0 saturated carbocycles. The van der Waals surface area contributed by atoms with Crippen molar-refractivity contribution in [3.63, 3.8) is 0 Å². The third-order valence-electron chi connectivity index (χ3n) is 2.89. The lowest BCUT2D eigenvalue weighted by Gasteiger charge is -2.25. The minimum Gasteiger partial charge on any atom is -0.272 e. The normalized spacial score (nSPS) is 19.2. The van der Waals surface area contributed by atoms with E-state index in [-0.39, 0.29) is 6.17 Å². The Morgan fingerprint density at radius 3 is 2.69 bits per heavy atom. The van der Waals surface area contributed by atoms with Crippen molar-refractivity contribution in [1.29, 1.82) is 5.26 Å². The van der Waals surface area contributed by atoms with Crippen LogP contribution in [0.3, 0.4) is 0 Å². The average molecular weight is 222 g/mol. The predicted octanol–water partition coefficient (Wildman–Crippen LogP) is 2.73. The number of nitriles is 1. The second-order valence-corrected chi connectivity index (χ2v) is 4.23. The lowest BCUT2D eigenvalue weighted by Crippen LogP contribution is -2.37. The van der Waals surface area contributed by atoms with Crippen LogP contribution >= 0.6 is 0 Å². The summed E-state index contributed by atoms with van der Waals surface area (Å²) in [5.41, 5.74) is 0. The van der Waals surface area contributed by atoms with Crippen LogP contribution in [-0.2, 0) is 0 Å². The topological polar surface area (TPSA) is 42.6 Å². The molecule has 0 radical (unpaired) electrons. The van der Waals surface area contributed by atoms with Gasteiger partial charge < -0.3 is 0 Å². The van der Waals surface area contributed by atoms with Crippen molar-refractivity contribution in [3.05, 3.63) is 0 Å². The molecule has 4 nitrogen and oxygen atoms in total. The molecule has 0 aromatic heterocycles. The van der Waals surface area contributed by atoms with Crippen molar-refractivity contribution in [2.24, 2.45) is 5.10 Å². The Hall–Kier alpha value is -1.24. The smallest absolute Gasteiger partial charge is 0.187 e. The van der Waals surface area contributed by atoms with Gasteiger partial charge in [-0.3, -0.25) is 5.01 Å². The van der Waals surface area contributed by atoms with Crippen LogP contribution in [0, 0.1) is 11.5 Å². The van der Waals surface area contributed by atoms with Crippen LogP contribution in [0.5, 0.6) is 0 Å². The zero-order valence-corrected chi connectivity index (χ0v) is 10.4. The highest BCUT2D eigenvalue weighted by atomic mass is 15.6. The van der Waals surface area contributed by atoms with Gasteiger partial charge in [-0.2, -0.15) is 10.4 Å². The number of nitrogens with zero attached hydrogens (tertiary/aromatic N) is 4. The molecule has 4 heteroatoms. The summed E-state index contributed by atoms with van der Waals surface area (Å²) in [7, 11) is 0. The van der Waals surface area contributed by atoms with Crippen molar-refractivity contribution in [2.75, 3.05) is 6.54 Å². The maximum absolute atomic E-state index is 8.95. The zero-order chi connectivity index (χ0) is 11.8. The van der Waals surface area contributed by atoms with Gasteiger partial charge in [0, 0.05) is 6.54 Å². The van der Waals surface area contributed by atoms with Crippen molar-refractivity contribution < 1.29 is 0 Å². The van der Waals surface area contributed by atoms with E-state index in [0.29, 0.717) is 0 Å². The number of hydrogen-bond acceptors (Lipinski definition) is 4. The molecule has 0 aromatic rings. The van der Waals surface area contributed by atoms with Crippen LogP contribution in [0.25, 0.3) is 0 Å². The zero-order valence-electron chi connectivity index (χ0n) is 10.4. The Balaban J connectivity index is 2.35. The molecule has 0 spiro atoms. The van der Waals surface area contributed by atoms with E-state index in [1.54, 1.807) is 11.2 Å². The first kappa shape index (κ1) is 12.8. The first-order valence-corrected chi connectivity index (χ1v) is 6.32. The van der Waals surface area contributed by atoms with Gasteiger partial charge in [-0.05, 0) is 12.8 Å². The lowest BCUT2D eigenvalue weighted by atomic mass is 10.2. The van der Waals surface area contributed by atoms with Gasteiger partial charge in [0.25, 0.3) is 0 Å². The van der Waals surface area contributed by atoms with Crippen LogP contribution in [0.15, 0.2) is 5.10 Å². The van der Waals surface area contributed by atoms with E-state index in [1.165, 1.54) is 25.7 Å². The standard InChI is InChI=1S/C12H22N4/c1-3-5-6-7-9-16-12(8-4-2)15(10-13)11-14-16/h11-12H,3-9H2,1-2H3. The minimum atomic E-state index is 0.164. The Bertz CT molecular complexity index is 256. The van der Waals surface area contributed by atoms with Crippen molar-refractivity contribution in [3.8, 4) is 6.19 Å². The highest BCUT2D eigenvalue weighted by molar-refractivity contribution is 5.59. The SMILES string of the molecule is CCCCCCN1N=CN(C#N)C1CCC. The first-order valence-electron chi connectivity index (χ1n) is 6.32. The minimum absolute atomic E-state index is 0.164. The Kier molecular flexibility index (Phi) is 5.69. The van der Waals surface area contributed by atoms with E-state index < -0.39 is 0 Å². The van der Waals surface area contributed by atoms with E-state index in [9.17, 15) is 0 Å². The molecule has 90 valence electrons. The monoisotopic (exact) mass is 222 g/mol. The van der Waals surface area contributed by atoms with Crippen molar-refractivity contribution in [2.45, 2.75) is 58.5 Å². The third kappa shape index (κ3) is 3.41. The van der Waals surface area contributed by atoms with E-state index in [2.05, 4.69) is 30.2 Å². The molecule has 0 bridgehead atoms. The highest BCUT2D eigenvalue weighted by Crippen LogP contribution is 2.17. The average Bonchev–Trinajstić information content (AvgIpc) is 2.68. The van der Waals surface area contributed by atoms with Crippen LogP contribution in [0.1, 0.15) is 52.4 Å². The van der Waals surface area contributed by atoms with Gasteiger partial charge >= 0.3 is 0 Å². The maximum atomic E-state index is 8.95. The molecular weight excluding hydrogens is 200 g/mol. The number of hydrazone groups is 1. The molecule has 1 aliphatic heterocycles. The lowest BCUT2D eigenvalue weighted by molar-refractivity contribution is 0.148. The van der Waals surface area contributed by atoms with Gasteiger partial charge in [0.05, 0.1) is 0 Å². The summed E-state index contributed by atoms with van der Waals surface area (Å²) in [5, 5.41) is 15.3. The Morgan fingerprint density at radius 1 is 1.25 bits per heavy atom. The highest BCUT2D eigenvalue weighted by Gasteiger charge is 2.26. The summed E-state index contributed by atoms with van der Waals surface area (Å²) in [5.74, 6) is 0. The van der Waals surface area contributed by atoms with Gasteiger partial charge in [-0.25, -0.2) is 4.90 Å². The number of unbranched alkanes of at least 4 members (excludes halogenated alkanes) is 3. The number of rotatable bonds is 7. The van der Waals surface area contributed by atoms with Gasteiger partial charge in [-0.15, -0.1) is 0 Å². The molecule has 0 N–H and O–H groups in total. The van der Waals surface area contributed by atoms with Gasteiger partial charge in [-0.1, -0.05) is 39.5 Å². The predicted molar refractivity (Wildman–Crippen MR) is 65.5 cm³/mol. The first-order chi connectivity index (χ1) is 7.83. The van der Waals surface area contributed by atoms with Gasteiger partial charge in [0.1, 0.15) is 12.5 Å². The quantitative estimate of drug-likeness (QED) is 0.491. The van der Waals surface area contributed by atoms with Gasteiger partial charge in [0.2, 0.25) is 0 Å². The molecule has 1 atom stereocenters. The molecule has 0 aromatic carbocycles. The molecule has 16 heavy (non-hydrogen) atoms. The summed E-state index contributed by atoms with van der Waals surface area (Å²) in [6, 6.07) is 0. The van der Waals surface area contributed by atoms with Crippen LogP contribution in [0.4, 0.5) is 0 Å². The molecule has 0 aliphatic carbocycles. The van der Waals surface area contributed by atoms with E-state index in [1.807, 2.05) is 0 Å². The molecular formula is C12H22N4. The van der Waals surface area contributed by atoms with Crippen LogP contribution in [-0.4, -0.2) is 29.0 Å². The maximum Gasteiger partial charge on any atom is 0.187 e. The Morgan fingerprint density at radius 2 is 2.06 bits per heavy atom. The fraction of sp³-hybridized carbons (Fsp3) is 0.833. The van der Waals surface area contributed by atoms with E-state index in [4.69, 9.17) is 5.26 Å². The molecule has 1 rings (SSSR count). The van der Waals surface area contributed by atoms with Gasteiger partial charge in [0.15, 0.2) is 6.19 Å². The second kappa shape index (κ2) is 7.10. The van der Waals surface area contributed by atoms with Crippen LogP contribution < -0.4 is 0 Å². The summed E-state index contributed by atoms with van der Waals surface area (Å²) in [6.45, 7) is 5.33. The summed E-state index contributed by atoms with van der Waals surface area (Å²) in [4.78, 5) is 1.66. The summed E-state index contributed by atoms with van der Waals surface area (Å²) in [6.07, 6.45) is 11.0. The fourth-order valence-corrected chi connectivity index (χ4v) is 1.97. The fourth-order valence-electron chi connectivity index (χ4n) is 1.97. The van der Waals surface area contributed by atoms with E-state index in [0.717, 1.165) is 19.4 Å². The van der Waals surface area contributed by atoms with Crippen molar-refractivity contribution >= 4 is 6.34 Å². The third-order valence-corrected chi connectivity index (χ3v) is 2.89. The summed E-state index contributed by atoms with van der Waals surface area (Å²) >= 11 is 0.